The number of unbranched alkanes of at least 4 members (excludes halogenated alkanes) is 1. The van der Waals surface area contributed by atoms with Gasteiger partial charge in [0, 0.05) is 39.1 Å². The summed E-state index contributed by atoms with van der Waals surface area (Å²) in [6.07, 6.45) is 2.22. The van der Waals surface area contributed by atoms with Gasteiger partial charge in [0.25, 0.3) is 6.47 Å². The average molecular weight is 561 g/mol. The van der Waals surface area contributed by atoms with Gasteiger partial charge in [0.15, 0.2) is 0 Å². The third-order valence-electron chi connectivity index (χ3n) is 5.89. The van der Waals surface area contributed by atoms with Gasteiger partial charge in [0.1, 0.15) is 11.5 Å². The lowest BCUT2D eigenvalue weighted by molar-refractivity contribution is -0.140. The van der Waals surface area contributed by atoms with Gasteiger partial charge in [-0.1, -0.05) is 27.4 Å². The number of amides is 1. The molecule has 1 rings (SSSR count). The summed E-state index contributed by atoms with van der Waals surface area (Å²) in [5.74, 6) is -1.02. The number of hydrogen-bond donors (Lipinski definition) is 5. The van der Waals surface area contributed by atoms with Crippen LogP contribution in [0.25, 0.3) is 0 Å². The highest BCUT2D eigenvalue weighted by Crippen LogP contribution is 2.16. The molecule has 228 valence electrons. The Balaban J connectivity index is 0. The van der Waals surface area contributed by atoms with E-state index in [1.54, 1.807) is 6.92 Å². The van der Waals surface area contributed by atoms with Crippen molar-refractivity contribution >= 4 is 24.1 Å². The quantitative estimate of drug-likeness (QED) is 0.114. The third-order valence-corrected chi connectivity index (χ3v) is 5.89. The first-order valence-corrected chi connectivity index (χ1v) is 13.6. The van der Waals surface area contributed by atoms with Crippen molar-refractivity contribution in [3.63, 3.8) is 0 Å². The number of carbonyl (C=O) groups excluding carboxylic acids is 2. The Morgan fingerprint density at radius 2 is 1.59 bits per heavy atom. The zero-order valence-corrected chi connectivity index (χ0v) is 24.3. The van der Waals surface area contributed by atoms with E-state index in [0.29, 0.717) is 59.0 Å². The number of nitrogens with two attached hydrogens (primary N) is 1. The fraction of sp³-hybridized carbons (Fsp3) is 0.769. The summed E-state index contributed by atoms with van der Waals surface area (Å²) in [5, 5.41) is 29.6. The van der Waals surface area contributed by atoms with Crippen molar-refractivity contribution in [2.45, 2.75) is 59.4 Å². The minimum absolute atomic E-state index is 0.0614. The predicted molar refractivity (Wildman–Crippen MR) is 151 cm³/mol. The van der Waals surface area contributed by atoms with E-state index in [1.165, 1.54) is 0 Å². The van der Waals surface area contributed by atoms with Gasteiger partial charge in [-0.05, 0) is 39.3 Å². The summed E-state index contributed by atoms with van der Waals surface area (Å²) in [4.78, 5) is 51.9. The van der Waals surface area contributed by atoms with Crippen molar-refractivity contribution in [2.75, 3.05) is 72.2 Å². The first-order chi connectivity index (χ1) is 18.6. The minimum Gasteiger partial charge on any atom is -0.511 e. The van der Waals surface area contributed by atoms with Gasteiger partial charge in [-0.25, -0.2) is 0 Å². The fourth-order valence-corrected chi connectivity index (χ4v) is 4.08. The van der Waals surface area contributed by atoms with Crippen LogP contribution >= 0.6 is 0 Å². The molecular weight excluding hydrogens is 508 g/mol. The van der Waals surface area contributed by atoms with E-state index in [1.807, 2.05) is 30.6 Å². The zero-order valence-electron chi connectivity index (χ0n) is 24.3. The van der Waals surface area contributed by atoms with Crippen LogP contribution in [0.3, 0.4) is 0 Å². The lowest BCUT2D eigenvalue weighted by Crippen LogP contribution is -2.54. The van der Waals surface area contributed by atoms with Crippen LogP contribution < -0.4 is 11.1 Å². The Bertz CT molecular complexity index is 710. The second kappa shape index (κ2) is 24.5. The Hall–Kier alpha value is -2.58. The normalized spacial score (nSPS) is 16.4. The lowest BCUT2D eigenvalue weighted by Gasteiger charge is -2.40. The molecular formula is C26H52N6O7. The molecule has 13 heteroatoms. The molecule has 1 heterocycles. The SMILES string of the molecule is C=C(O)C(CCC(=O)NCCCCN)N1CCN(CC(C)=O)CCN(CC)CN(CC(=O)O)C1.CC.O=CO. The second-order valence-electron chi connectivity index (χ2n) is 9.00. The van der Waals surface area contributed by atoms with E-state index in [0.717, 1.165) is 25.9 Å². The van der Waals surface area contributed by atoms with Gasteiger partial charge in [-0.2, -0.15) is 0 Å². The molecule has 0 saturated carbocycles. The van der Waals surface area contributed by atoms with E-state index >= 15 is 0 Å². The molecule has 1 atom stereocenters. The number of hydrogen-bond acceptors (Lipinski definition) is 10. The highest BCUT2D eigenvalue weighted by molar-refractivity contribution is 5.77. The van der Waals surface area contributed by atoms with Gasteiger partial charge < -0.3 is 26.4 Å². The van der Waals surface area contributed by atoms with E-state index in [9.17, 15) is 24.6 Å². The van der Waals surface area contributed by atoms with Gasteiger partial charge in [-0.15, -0.1) is 0 Å². The van der Waals surface area contributed by atoms with Crippen LogP contribution in [0.15, 0.2) is 12.3 Å². The van der Waals surface area contributed by atoms with Crippen LogP contribution in [0.1, 0.15) is 53.4 Å². The number of nitrogens with one attached hydrogen (secondary N) is 1. The number of aliphatic hydroxyl groups excluding tert-OH is 1. The van der Waals surface area contributed by atoms with Crippen molar-refractivity contribution in [1.82, 2.24) is 24.9 Å². The fourth-order valence-electron chi connectivity index (χ4n) is 4.08. The van der Waals surface area contributed by atoms with Crippen LogP contribution in [0, 0.1) is 0 Å². The molecule has 0 radical (unpaired) electrons. The number of aliphatic hydroxyl groups is 1. The summed E-state index contributed by atoms with van der Waals surface area (Å²) in [7, 11) is 0. The number of Topliss-reactive ketones (excluding diaryl/α,β-unsaturated/α-hetero) is 1. The second-order valence-corrected chi connectivity index (χ2v) is 9.00. The van der Waals surface area contributed by atoms with E-state index in [4.69, 9.17) is 15.6 Å². The number of likely N-dealkylation sites (N-methyl/N-ethyl adjacent to an activating group) is 1. The van der Waals surface area contributed by atoms with Gasteiger partial charge in [0.05, 0.1) is 32.5 Å². The van der Waals surface area contributed by atoms with Crippen LogP contribution in [0.4, 0.5) is 0 Å². The molecule has 39 heavy (non-hydrogen) atoms. The van der Waals surface area contributed by atoms with Crippen LogP contribution in [0.2, 0.25) is 0 Å². The van der Waals surface area contributed by atoms with Crippen LogP contribution in [0.5, 0.6) is 0 Å². The average Bonchev–Trinajstić information content (AvgIpc) is 2.87. The van der Waals surface area contributed by atoms with Gasteiger partial charge in [-0.3, -0.25) is 38.8 Å². The maximum absolute atomic E-state index is 12.3. The molecule has 6 N–H and O–H groups in total. The smallest absolute Gasteiger partial charge is 0.317 e. The molecule has 0 spiro atoms. The first kappa shape index (κ1) is 38.6. The molecule has 1 aliphatic heterocycles. The standard InChI is InChI=1S/C23H44N6O5.C2H6.CH2O2/c1-4-26-11-12-27(15-19(2)30)13-14-29(18-28(17-26)16-23(33)34)21(20(3)31)7-8-22(32)25-10-6-5-9-24;1-2;2-1-3/h21,31H,3-18,24H2,1-2H3,(H,25,32)(H,33,34);1-2H3;1H,(H,2,3). The maximum atomic E-state index is 12.3. The minimum atomic E-state index is -0.928. The van der Waals surface area contributed by atoms with Crippen LogP contribution in [-0.2, 0) is 19.2 Å². The molecule has 1 amide bonds. The summed E-state index contributed by atoms with van der Waals surface area (Å²) in [6, 6.07) is -0.514. The number of aliphatic carboxylic acids is 1. The monoisotopic (exact) mass is 560 g/mol. The number of ketones is 1. The predicted octanol–water partition coefficient (Wildman–Crippen LogP) is 0.619. The Morgan fingerprint density at radius 1 is 1.00 bits per heavy atom. The molecule has 13 nitrogen and oxygen atoms in total. The summed E-state index contributed by atoms with van der Waals surface area (Å²) < 4.78 is 0. The number of carboxylic acid groups (broad SMARTS) is 2. The molecule has 1 saturated heterocycles. The van der Waals surface area contributed by atoms with Crippen LogP contribution in [-0.4, -0.2) is 137 Å². The molecule has 0 aliphatic carbocycles. The highest BCUT2D eigenvalue weighted by atomic mass is 16.4. The first-order valence-electron chi connectivity index (χ1n) is 13.6. The van der Waals surface area contributed by atoms with E-state index in [2.05, 4.69) is 21.7 Å². The molecule has 1 unspecified atom stereocenters. The molecule has 0 aromatic rings. The highest BCUT2D eigenvalue weighted by Gasteiger charge is 2.27. The molecule has 0 aromatic heterocycles. The third kappa shape index (κ3) is 20.0. The molecule has 1 fully saturated rings. The molecule has 1 aliphatic rings. The topological polar surface area (TPSA) is 180 Å². The summed E-state index contributed by atoms with van der Waals surface area (Å²) >= 11 is 0. The van der Waals surface area contributed by atoms with Crippen molar-refractivity contribution in [1.29, 1.82) is 0 Å². The van der Waals surface area contributed by atoms with E-state index in [-0.39, 0.29) is 36.9 Å². The van der Waals surface area contributed by atoms with Crippen molar-refractivity contribution < 1.29 is 34.5 Å². The zero-order chi connectivity index (χ0) is 30.2. The van der Waals surface area contributed by atoms with Crippen molar-refractivity contribution in [3.8, 4) is 0 Å². The summed E-state index contributed by atoms with van der Waals surface area (Å²) in [5.41, 5.74) is 5.48. The number of nitrogens with zero attached hydrogens (tertiary/aromatic N) is 4. The van der Waals surface area contributed by atoms with E-state index < -0.39 is 12.0 Å². The Labute approximate surface area is 233 Å². The Morgan fingerprint density at radius 3 is 2.10 bits per heavy atom. The number of carbonyl (C=O) groups is 4. The van der Waals surface area contributed by atoms with Gasteiger partial charge >= 0.3 is 5.97 Å². The van der Waals surface area contributed by atoms with Crippen molar-refractivity contribution in [3.05, 3.63) is 12.3 Å². The number of rotatable bonds is 14. The number of carboxylic acids is 1. The lowest BCUT2D eigenvalue weighted by atomic mass is 10.1. The Kier molecular flexibility index (Phi) is 24.2. The van der Waals surface area contributed by atoms with Gasteiger partial charge in [0.2, 0.25) is 5.91 Å². The summed E-state index contributed by atoms with van der Waals surface area (Å²) in [6.45, 7) is 16.3. The molecule has 0 bridgehead atoms. The maximum Gasteiger partial charge on any atom is 0.317 e. The largest absolute Gasteiger partial charge is 0.511 e. The molecule has 0 aromatic carbocycles. The van der Waals surface area contributed by atoms with Crippen molar-refractivity contribution in [2.24, 2.45) is 5.73 Å².